The van der Waals surface area contributed by atoms with Crippen LogP contribution < -0.4 is 15.0 Å². The maximum atomic E-state index is 5.88. The molecule has 0 radical (unpaired) electrons. The quantitative estimate of drug-likeness (QED) is 0.840. The molecular weight excluding hydrogens is 343 g/mol. The van der Waals surface area contributed by atoms with Crippen LogP contribution >= 0.6 is 24.8 Å². The summed E-state index contributed by atoms with van der Waals surface area (Å²) in [4.78, 5) is 2.64. The predicted octanol–water partition coefficient (Wildman–Crippen LogP) is 4.57. The maximum absolute atomic E-state index is 5.88. The molecule has 3 fully saturated rings. The average Bonchev–Trinajstić information content (AvgIpc) is 3.30. The number of ether oxygens (including phenoxy) is 1. The zero-order valence-corrected chi connectivity index (χ0v) is 16.3. The lowest BCUT2D eigenvalue weighted by atomic mass is 9.83. The number of piperazine rings is 1. The molecule has 0 bridgehead atoms. The molecule has 1 saturated heterocycles. The van der Waals surface area contributed by atoms with Gasteiger partial charge < -0.3 is 15.0 Å². The molecule has 1 aromatic carbocycles. The molecule has 2 aliphatic carbocycles. The second-order valence-electron chi connectivity index (χ2n) is 7.93. The first-order valence-corrected chi connectivity index (χ1v) is 8.92. The summed E-state index contributed by atoms with van der Waals surface area (Å²) >= 11 is 0. The number of nitrogens with one attached hydrogen (secondary N) is 1. The third-order valence-electron chi connectivity index (χ3n) is 5.27. The van der Waals surface area contributed by atoms with Crippen LogP contribution in [-0.2, 0) is 0 Å². The van der Waals surface area contributed by atoms with Gasteiger partial charge in [0, 0.05) is 29.9 Å². The van der Waals surface area contributed by atoms with E-state index >= 15 is 0 Å². The van der Waals surface area contributed by atoms with E-state index in [1.807, 2.05) is 0 Å². The standard InChI is InChI=1S/C19H28N2O.2ClH/c1-19(2)13-21(18-6-4-3-5-17(18)20-19)14-7-9-15(10-8-14)22-16-11-12-16;;/h7-10,16-18,20H,3-6,11-13H2,1-2H3;2*1H/t17-,18-;;/m0../s1. The number of hydrogen-bond donors (Lipinski definition) is 1. The summed E-state index contributed by atoms with van der Waals surface area (Å²) in [5.74, 6) is 1.03. The van der Waals surface area contributed by atoms with Crippen LogP contribution in [0.15, 0.2) is 24.3 Å². The number of halogens is 2. The summed E-state index contributed by atoms with van der Waals surface area (Å²) < 4.78 is 5.88. The van der Waals surface area contributed by atoms with Crippen molar-refractivity contribution in [2.75, 3.05) is 11.4 Å². The van der Waals surface area contributed by atoms with Crippen LogP contribution in [0.25, 0.3) is 0 Å². The topological polar surface area (TPSA) is 24.5 Å². The van der Waals surface area contributed by atoms with Crippen LogP contribution in [0.1, 0.15) is 52.4 Å². The largest absolute Gasteiger partial charge is 0.490 e. The minimum atomic E-state index is 0. The molecular formula is C19H30Cl2N2O. The third-order valence-corrected chi connectivity index (χ3v) is 5.27. The van der Waals surface area contributed by atoms with Crippen LogP contribution in [0.5, 0.6) is 5.75 Å². The van der Waals surface area contributed by atoms with Crippen molar-refractivity contribution in [3.8, 4) is 5.75 Å². The Morgan fingerprint density at radius 2 is 1.67 bits per heavy atom. The molecule has 1 aliphatic heterocycles. The van der Waals surface area contributed by atoms with Crippen molar-refractivity contribution >= 4 is 30.5 Å². The van der Waals surface area contributed by atoms with E-state index < -0.39 is 0 Å². The van der Waals surface area contributed by atoms with Gasteiger partial charge in [0.1, 0.15) is 5.75 Å². The highest BCUT2D eigenvalue weighted by atomic mass is 35.5. The zero-order chi connectivity index (χ0) is 15.2. The molecule has 24 heavy (non-hydrogen) atoms. The van der Waals surface area contributed by atoms with Gasteiger partial charge in [-0.05, 0) is 63.8 Å². The van der Waals surface area contributed by atoms with Gasteiger partial charge in [0.2, 0.25) is 0 Å². The van der Waals surface area contributed by atoms with Gasteiger partial charge in [-0.15, -0.1) is 24.8 Å². The molecule has 0 aromatic heterocycles. The highest BCUT2D eigenvalue weighted by Gasteiger charge is 2.40. The molecule has 136 valence electrons. The van der Waals surface area contributed by atoms with Gasteiger partial charge in [-0.3, -0.25) is 0 Å². The summed E-state index contributed by atoms with van der Waals surface area (Å²) in [5.41, 5.74) is 1.54. The number of anilines is 1. The minimum Gasteiger partial charge on any atom is -0.490 e. The minimum absolute atomic E-state index is 0. The van der Waals surface area contributed by atoms with Crippen molar-refractivity contribution in [3.05, 3.63) is 24.3 Å². The van der Waals surface area contributed by atoms with Gasteiger partial charge in [-0.2, -0.15) is 0 Å². The van der Waals surface area contributed by atoms with Crippen molar-refractivity contribution in [2.45, 2.75) is 76.1 Å². The monoisotopic (exact) mass is 372 g/mol. The molecule has 1 aromatic rings. The molecule has 4 rings (SSSR count). The summed E-state index contributed by atoms with van der Waals surface area (Å²) in [6, 6.07) is 10.1. The summed E-state index contributed by atoms with van der Waals surface area (Å²) in [6.07, 6.45) is 8.28. The summed E-state index contributed by atoms with van der Waals surface area (Å²) in [7, 11) is 0. The Morgan fingerprint density at radius 3 is 2.33 bits per heavy atom. The average molecular weight is 373 g/mol. The lowest BCUT2D eigenvalue weighted by molar-refractivity contribution is 0.199. The van der Waals surface area contributed by atoms with Gasteiger partial charge in [-0.1, -0.05) is 12.8 Å². The smallest absolute Gasteiger partial charge is 0.119 e. The molecule has 3 aliphatic rings. The highest BCUT2D eigenvalue weighted by molar-refractivity contribution is 5.85. The Kier molecular flexibility index (Phi) is 6.33. The van der Waals surface area contributed by atoms with Gasteiger partial charge in [-0.25, -0.2) is 0 Å². The normalized spacial score (nSPS) is 28.2. The number of hydrogen-bond acceptors (Lipinski definition) is 3. The van der Waals surface area contributed by atoms with Crippen LogP contribution in [-0.4, -0.2) is 30.3 Å². The number of rotatable bonds is 3. The zero-order valence-electron chi connectivity index (χ0n) is 14.7. The summed E-state index contributed by atoms with van der Waals surface area (Å²) in [6.45, 7) is 5.74. The first-order chi connectivity index (χ1) is 10.6. The second-order valence-corrected chi connectivity index (χ2v) is 7.93. The molecule has 5 heteroatoms. The van der Waals surface area contributed by atoms with Gasteiger partial charge >= 0.3 is 0 Å². The fourth-order valence-electron chi connectivity index (χ4n) is 4.12. The van der Waals surface area contributed by atoms with Crippen molar-refractivity contribution in [2.24, 2.45) is 0 Å². The molecule has 3 nitrogen and oxygen atoms in total. The molecule has 1 N–H and O–H groups in total. The Balaban J connectivity index is 0.00000104. The van der Waals surface area contributed by atoms with E-state index in [2.05, 4.69) is 48.3 Å². The van der Waals surface area contributed by atoms with Crippen molar-refractivity contribution in [3.63, 3.8) is 0 Å². The maximum Gasteiger partial charge on any atom is 0.119 e. The second kappa shape index (κ2) is 7.72. The van der Waals surface area contributed by atoms with Crippen LogP contribution in [0.4, 0.5) is 5.69 Å². The molecule has 1 heterocycles. The molecule has 0 amide bonds. The van der Waals surface area contributed by atoms with E-state index in [0.717, 1.165) is 12.3 Å². The molecule has 2 atom stereocenters. The fourth-order valence-corrected chi connectivity index (χ4v) is 4.12. The van der Waals surface area contributed by atoms with E-state index in [9.17, 15) is 0 Å². The van der Waals surface area contributed by atoms with Crippen molar-refractivity contribution in [1.29, 1.82) is 0 Å². The van der Waals surface area contributed by atoms with Crippen LogP contribution in [0.3, 0.4) is 0 Å². The molecule has 2 saturated carbocycles. The Labute approximate surface area is 158 Å². The van der Waals surface area contributed by atoms with Gasteiger partial charge in [0.25, 0.3) is 0 Å². The Morgan fingerprint density at radius 1 is 1.00 bits per heavy atom. The number of fused-ring (bicyclic) bond motifs is 1. The lowest BCUT2D eigenvalue weighted by Crippen LogP contribution is -2.67. The summed E-state index contributed by atoms with van der Waals surface area (Å²) in [5, 5.41) is 3.87. The van der Waals surface area contributed by atoms with Crippen LogP contribution in [0, 0.1) is 0 Å². The highest BCUT2D eigenvalue weighted by Crippen LogP contribution is 2.35. The fraction of sp³-hybridized carbons (Fsp3) is 0.684. The molecule has 0 spiro atoms. The number of nitrogens with zero attached hydrogens (tertiary/aromatic N) is 1. The van der Waals surface area contributed by atoms with E-state index in [0.29, 0.717) is 18.2 Å². The first kappa shape index (κ1) is 19.7. The van der Waals surface area contributed by atoms with E-state index in [-0.39, 0.29) is 30.4 Å². The SMILES string of the molecule is CC1(C)CN(c2ccc(OC3CC3)cc2)[C@H]2CCCC[C@@H]2N1.Cl.Cl. The lowest BCUT2D eigenvalue weighted by Gasteiger charge is -2.52. The Bertz CT molecular complexity index is 531. The van der Waals surface area contributed by atoms with Crippen molar-refractivity contribution in [1.82, 2.24) is 5.32 Å². The van der Waals surface area contributed by atoms with E-state index in [1.54, 1.807) is 0 Å². The first-order valence-electron chi connectivity index (χ1n) is 8.92. The third kappa shape index (κ3) is 4.30. The Hall–Kier alpha value is -0.640. The number of benzene rings is 1. The van der Waals surface area contributed by atoms with Crippen LogP contribution in [0.2, 0.25) is 0 Å². The van der Waals surface area contributed by atoms with Crippen molar-refractivity contribution < 1.29 is 4.74 Å². The van der Waals surface area contributed by atoms with E-state index in [4.69, 9.17) is 4.74 Å². The molecule has 0 unspecified atom stereocenters. The van der Waals surface area contributed by atoms with Gasteiger partial charge in [0.15, 0.2) is 0 Å². The predicted molar refractivity (Wildman–Crippen MR) is 105 cm³/mol. The van der Waals surface area contributed by atoms with E-state index in [1.165, 1.54) is 44.2 Å². The van der Waals surface area contributed by atoms with Gasteiger partial charge in [0.05, 0.1) is 6.10 Å².